The molecule has 1 amide bonds. The van der Waals surface area contributed by atoms with Gasteiger partial charge in [0.2, 0.25) is 5.91 Å². The molecule has 0 radical (unpaired) electrons. The Balaban J connectivity index is 1.35. The number of hydrazone groups is 1. The fourth-order valence-electron chi connectivity index (χ4n) is 3.19. The van der Waals surface area contributed by atoms with Crippen LogP contribution in [-0.2, 0) is 11.2 Å². The molecule has 5 nitrogen and oxygen atoms in total. The van der Waals surface area contributed by atoms with Crippen molar-refractivity contribution in [1.82, 2.24) is 5.43 Å². The van der Waals surface area contributed by atoms with Gasteiger partial charge < -0.3 is 4.74 Å². The Morgan fingerprint density at radius 1 is 0.806 bits per heavy atom. The molecule has 152 valence electrons. The fourth-order valence-corrected chi connectivity index (χ4v) is 3.19. The molecule has 0 unspecified atom stereocenters. The standard InChI is InChI=1S/C26H20N2O3/c29-25(17-19-7-2-1-3-8-19)28-27-18-20-13-15-22(16-14-20)31-26(30)24-12-6-10-21-9-4-5-11-23(21)24/h1-16,18H,17H2,(H,28,29). The molecular formula is C26H20N2O3. The van der Waals surface area contributed by atoms with E-state index in [4.69, 9.17) is 4.74 Å². The summed E-state index contributed by atoms with van der Waals surface area (Å²) in [6.45, 7) is 0. The smallest absolute Gasteiger partial charge is 0.344 e. The minimum atomic E-state index is -0.411. The van der Waals surface area contributed by atoms with Crippen LogP contribution in [0.2, 0.25) is 0 Å². The second kappa shape index (κ2) is 9.50. The van der Waals surface area contributed by atoms with Gasteiger partial charge in [0.05, 0.1) is 18.2 Å². The summed E-state index contributed by atoms with van der Waals surface area (Å²) >= 11 is 0. The number of carbonyl (C=O) groups excluding carboxylic acids is 2. The van der Waals surface area contributed by atoms with E-state index in [2.05, 4.69) is 10.5 Å². The molecule has 0 aromatic heterocycles. The van der Waals surface area contributed by atoms with Crippen LogP contribution in [0, 0.1) is 0 Å². The van der Waals surface area contributed by atoms with Gasteiger partial charge >= 0.3 is 5.97 Å². The zero-order valence-corrected chi connectivity index (χ0v) is 16.7. The number of nitrogens with zero attached hydrogens (tertiary/aromatic N) is 1. The summed E-state index contributed by atoms with van der Waals surface area (Å²) in [5.74, 6) is -0.169. The predicted octanol–water partition coefficient (Wildman–Crippen LogP) is 4.75. The minimum Gasteiger partial charge on any atom is -0.423 e. The lowest BCUT2D eigenvalue weighted by Crippen LogP contribution is -2.19. The largest absolute Gasteiger partial charge is 0.423 e. The molecule has 31 heavy (non-hydrogen) atoms. The lowest BCUT2D eigenvalue weighted by Gasteiger charge is -2.07. The number of amides is 1. The average molecular weight is 408 g/mol. The van der Waals surface area contributed by atoms with Crippen LogP contribution in [0.15, 0.2) is 102 Å². The highest BCUT2D eigenvalue weighted by atomic mass is 16.5. The molecule has 5 heteroatoms. The minimum absolute atomic E-state index is 0.192. The van der Waals surface area contributed by atoms with Gasteiger partial charge in [0, 0.05) is 0 Å². The third-order valence-corrected chi connectivity index (χ3v) is 4.71. The summed E-state index contributed by atoms with van der Waals surface area (Å²) in [5.41, 5.74) is 4.72. The van der Waals surface area contributed by atoms with Gasteiger partial charge in [0.15, 0.2) is 0 Å². The van der Waals surface area contributed by atoms with Crippen molar-refractivity contribution in [1.29, 1.82) is 0 Å². The predicted molar refractivity (Wildman–Crippen MR) is 121 cm³/mol. The molecule has 4 aromatic carbocycles. The number of nitrogens with one attached hydrogen (secondary N) is 1. The number of rotatable bonds is 6. The Morgan fingerprint density at radius 3 is 2.32 bits per heavy atom. The van der Waals surface area contributed by atoms with E-state index in [1.807, 2.05) is 66.7 Å². The Bertz CT molecular complexity index is 1230. The Labute approximate surface area is 180 Å². The van der Waals surface area contributed by atoms with Gasteiger partial charge in [-0.2, -0.15) is 5.10 Å². The molecule has 0 spiro atoms. The van der Waals surface area contributed by atoms with Gasteiger partial charge in [0.1, 0.15) is 5.75 Å². The molecule has 0 atom stereocenters. The first-order valence-corrected chi connectivity index (χ1v) is 9.85. The molecule has 0 saturated heterocycles. The monoisotopic (exact) mass is 408 g/mol. The van der Waals surface area contributed by atoms with Crippen LogP contribution >= 0.6 is 0 Å². The van der Waals surface area contributed by atoms with E-state index >= 15 is 0 Å². The van der Waals surface area contributed by atoms with Crippen LogP contribution in [0.5, 0.6) is 5.75 Å². The van der Waals surface area contributed by atoms with Crippen LogP contribution < -0.4 is 10.2 Å². The SMILES string of the molecule is O=C(Cc1ccccc1)NN=Cc1ccc(OC(=O)c2cccc3ccccc23)cc1. The van der Waals surface area contributed by atoms with Gasteiger partial charge in [-0.25, -0.2) is 10.2 Å². The molecule has 0 aliphatic carbocycles. The maximum absolute atomic E-state index is 12.6. The average Bonchev–Trinajstić information content (AvgIpc) is 2.80. The van der Waals surface area contributed by atoms with Crippen molar-refractivity contribution in [2.24, 2.45) is 5.10 Å². The van der Waals surface area contributed by atoms with E-state index in [9.17, 15) is 9.59 Å². The second-order valence-corrected chi connectivity index (χ2v) is 6.94. The van der Waals surface area contributed by atoms with Crippen molar-refractivity contribution in [3.63, 3.8) is 0 Å². The third-order valence-electron chi connectivity index (χ3n) is 4.71. The number of hydrogen-bond donors (Lipinski definition) is 1. The van der Waals surface area contributed by atoms with E-state index in [-0.39, 0.29) is 12.3 Å². The molecule has 0 saturated carbocycles. The summed E-state index contributed by atoms with van der Waals surface area (Å²) in [5, 5.41) is 5.81. The highest BCUT2D eigenvalue weighted by Gasteiger charge is 2.12. The van der Waals surface area contributed by atoms with E-state index in [1.54, 1.807) is 36.5 Å². The molecule has 4 rings (SSSR count). The Morgan fingerprint density at radius 2 is 1.52 bits per heavy atom. The number of carbonyl (C=O) groups is 2. The van der Waals surface area contributed by atoms with Gasteiger partial charge in [-0.3, -0.25) is 4.79 Å². The van der Waals surface area contributed by atoms with Crippen LogP contribution in [-0.4, -0.2) is 18.1 Å². The normalized spacial score (nSPS) is 10.8. The summed E-state index contributed by atoms with van der Waals surface area (Å²) < 4.78 is 5.52. The summed E-state index contributed by atoms with van der Waals surface area (Å²) in [4.78, 5) is 24.5. The van der Waals surface area contributed by atoms with E-state index in [1.165, 1.54) is 0 Å². The number of benzene rings is 4. The van der Waals surface area contributed by atoms with Gasteiger partial charge in [-0.05, 0) is 52.2 Å². The molecule has 0 bridgehead atoms. The number of esters is 1. The maximum atomic E-state index is 12.6. The van der Waals surface area contributed by atoms with Gasteiger partial charge in [-0.15, -0.1) is 0 Å². The molecule has 1 N–H and O–H groups in total. The van der Waals surface area contributed by atoms with Crippen molar-refractivity contribution in [3.8, 4) is 5.75 Å². The van der Waals surface area contributed by atoms with Crippen LogP contribution in [0.1, 0.15) is 21.5 Å². The molecule has 0 heterocycles. The number of hydrogen-bond acceptors (Lipinski definition) is 4. The van der Waals surface area contributed by atoms with E-state index in [0.717, 1.165) is 21.9 Å². The summed E-state index contributed by atoms with van der Waals surface area (Å²) in [7, 11) is 0. The van der Waals surface area contributed by atoms with Crippen LogP contribution in [0.25, 0.3) is 10.8 Å². The van der Waals surface area contributed by atoms with Crippen molar-refractivity contribution in [2.45, 2.75) is 6.42 Å². The zero-order valence-electron chi connectivity index (χ0n) is 16.7. The number of fused-ring (bicyclic) bond motifs is 1. The number of ether oxygens (including phenoxy) is 1. The van der Waals surface area contributed by atoms with Crippen molar-refractivity contribution in [2.75, 3.05) is 0 Å². The molecule has 4 aromatic rings. The van der Waals surface area contributed by atoms with E-state index < -0.39 is 5.97 Å². The highest BCUT2D eigenvalue weighted by molar-refractivity contribution is 6.05. The van der Waals surface area contributed by atoms with Crippen LogP contribution in [0.3, 0.4) is 0 Å². The summed E-state index contributed by atoms with van der Waals surface area (Å²) in [6.07, 6.45) is 1.81. The first kappa shape index (κ1) is 20.0. The van der Waals surface area contributed by atoms with Crippen molar-refractivity contribution < 1.29 is 14.3 Å². The third kappa shape index (κ3) is 5.22. The van der Waals surface area contributed by atoms with Gasteiger partial charge in [-0.1, -0.05) is 66.7 Å². The first-order chi connectivity index (χ1) is 15.2. The van der Waals surface area contributed by atoms with Crippen molar-refractivity contribution in [3.05, 3.63) is 114 Å². The van der Waals surface area contributed by atoms with E-state index in [0.29, 0.717) is 11.3 Å². The lowest BCUT2D eigenvalue weighted by atomic mass is 10.0. The van der Waals surface area contributed by atoms with Crippen LogP contribution in [0.4, 0.5) is 0 Å². The molecule has 0 aliphatic rings. The topological polar surface area (TPSA) is 67.8 Å². The fraction of sp³-hybridized carbons (Fsp3) is 0.0385. The van der Waals surface area contributed by atoms with Gasteiger partial charge in [0.25, 0.3) is 0 Å². The Hall–Kier alpha value is -4.25. The molecule has 0 aliphatic heterocycles. The molecule has 0 fully saturated rings. The Kier molecular flexibility index (Phi) is 6.14. The zero-order chi connectivity index (χ0) is 21.5. The quantitative estimate of drug-likeness (QED) is 0.217. The molecular weight excluding hydrogens is 388 g/mol. The second-order valence-electron chi connectivity index (χ2n) is 6.94. The maximum Gasteiger partial charge on any atom is 0.344 e. The summed E-state index contributed by atoms with van der Waals surface area (Å²) in [6, 6.07) is 29.6. The lowest BCUT2D eigenvalue weighted by molar-refractivity contribution is -0.120. The highest BCUT2D eigenvalue weighted by Crippen LogP contribution is 2.21. The van der Waals surface area contributed by atoms with Crippen molar-refractivity contribution >= 4 is 28.9 Å². The first-order valence-electron chi connectivity index (χ1n) is 9.85.